The molecule has 1 unspecified atom stereocenters. The molecule has 0 heterocycles. The Morgan fingerprint density at radius 3 is 2.67 bits per heavy atom. The number of hydrogen-bond donors (Lipinski definition) is 1. The lowest BCUT2D eigenvalue weighted by molar-refractivity contribution is 0.113. The topological polar surface area (TPSA) is 38.7 Å². The van der Waals surface area contributed by atoms with E-state index in [2.05, 4.69) is 0 Å². The minimum atomic E-state index is -0.0207. The number of hydrogen-bond acceptors (Lipinski definition) is 3. The van der Waals surface area contributed by atoms with Crippen molar-refractivity contribution in [1.29, 1.82) is 0 Å². The van der Waals surface area contributed by atoms with Gasteiger partial charge in [-0.2, -0.15) is 0 Å². The van der Waals surface area contributed by atoms with Gasteiger partial charge in [0, 0.05) is 29.2 Å². The smallest absolute Gasteiger partial charge is 0.165 e. The van der Waals surface area contributed by atoms with Crippen LogP contribution in [0.25, 0.3) is 0 Å². The highest BCUT2D eigenvalue weighted by Crippen LogP contribution is 2.40. The van der Waals surface area contributed by atoms with E-state index in [9.17, 15) is 5.11 Å². The van der Waals surface area contributed by atoms with Crippen LogP contribution in [-0.4, -0.2) is 24.9 Å². The van der Waals surface area contributed by atoms with Crippen molar-refractivity contribution in [2.45, 2.75) is 38.2 Å². The maximum absolute atomic E-state index is 9.33. The van der Waals surface area contributed by atoms with Crippen LogP contribution in [0.5, 0.6) is 11.5 Å². The molecule has 100 valence electrons. The number of aliphatic hydroxyl groups is 1. The number of ether oxygens (including phenoxy) is 2. The fourth-order valence-electron chi connectivity index (χ4n) is 1.99. The molecule has 0 amide bonds. The van der Waals surface area contributed by atoms with Crippen LogP contribution in [0.4, 0.5) is 0 Å². The quantitative estimate of drug-likeness (QED) is 0.891. The van der Waals surface area contributed by atoms with E-state index in [4.69, 9.17) is 21.1 Å². The first kappa shape index (κ1) is 13.5. The zero-order chi connectivity index (χ0) is 13.1. The summed E-state index contributed by atoms with van der Waals surface area (Å²) in [6, 6.07) is 3.60. The summed E-state index contributed by atoms with van der Waals surface area (Å²) in [7, 11) is 1.60. The van der Waals surface area contributed by atoms with Gasteiger partial charge < -0.3 is 14.6 Å². The highest BCUT2D eigenvalue weighted by Gasteiger charge is 2.24. The van der Waals surface area contributed by atoms with E-state index in [1.165, 1.54) is 6.42 Å². The summed E-state index contributed by atoms with van der Waals surface area (Å²) < 4.78 is 11.3. The fraction of sp³-hybridized carbons (Fsp3) is 0.571. The molecule has 0 radical (unpaired) electrons. The van der Waals surface area contributed by atoms with Gasteiger partial charge in [0.05, 0.1) is 13.2 Å². The van der Waals surface area contributed by atoms with Gasteiger partial charge in [0.2, 0.25) is 0 Å². The van der Waals surface area contributed by atoms with Crippen molar-refractivity contribution in [3.05, 3.63) is 22.7 Å². The molecule has 3 nitrogen and oxygen atoms in total. The molecule has 1 N–H and O–H groups in total. The van der Waals surface area contributed by atoms with Gasteiger partial charge in [-0.1, -0.05) is 18.5 Å². The van der Waals surface area contributed by atoms with E-state index in [1.807, 2.05) is 13.0 Å². The molecule has 4 heteroatoms. The summed E-state index contributed by atoms with van der Waals surface area (Å²) in [5.41, 5.74) is 0.911. The lowest BCUT2D eigenvalue weighted by Gasteiger charge is -2.29. The molecule has 0 bridgehead atoms. The average molecular weight is 271 g/mol. The second-order valence-electron chi connectivity index (χ2n) is 4.78. The van der Waals surface area contributed by atoms with E-state index in [0.717, 1.165) is 24.2 Å². The standard InChI is InChI=1S/C14H19ClO3/c1-9(8-16)12-6-10(15)7-13(17-2)14(12)18-11-4-3-5-11/h6-7,9,11,16H,3-5,8H2,1-2H3. The summed E-state index contributed by atoms with van der Waals surface area (Å²) in [6.45, 7) is 2.00. The van der Waals surface area contributed by atoms with Gasteiger partial charge in [-0.05, 0) is 25.3 Å². The Kier molecular flexibility index (Phi) is 4.36. The molecule has 0 saturated heterocycles. The fourth-order valence-corrected chi connectivity index (χ4v) is 2.20. The Bertz CT molecular complexity index is 416. The van der Waals surface area contributed by atoms with Crippen molar-refractivity contribution in [3.8, 4) is 11.5 Å². The van der Waals surface area contributed by atoms with Crippen LogP contribution in [0.15, 0.2) is 12.1 Å². The molecule has 0 aliphatic heterocycles. The van der Waals surface area contributed by atoms with Crippen LogP contribution >= 0.6 is 11.6 Å². The second kappa shape index (κ2) is 5.81. The first-order valence-electron chi connectivity index (χ1n) is 6.30. The summed E-state index contributed by atoms with van der Waals surface area (Å²) in [4.78, 5) is 0. The molecule has 1 atom stereocenters. The van der Waals surface area contributed by atoms with Crippen LogP contribution in [-0.2, 0) is 0 Å². The van der Waals surface area contributed by atoms with Crippen molar-refractivity contribution < 1.29 is 14.6 Å². The Hall–Kier alpha value is -0.930. The van der Waals surface area contributed by atoms with Gasteiger partial charge in [0.25, 0.3) is 0 Å². The number of aliphatic hydroxyl groups excluding tert-OH is 1. The molecule has 1 fully saturated rings. The number of benzene rings is 1. The summed E-state index contributed by atoms with van der Waals surface area (Å²) in [6.07, 6.45) is 3.65. The first-order chi connectivity index (χ1) is 8.65. The Balaban J connectivity index is 2.36. The molecule has 0 spiro atoms. The highest BCUT2D eigenvalue weighted by molar-refractivity contribution is 6.30. The molecule has 2 rings (SSSR count). The first-order valence-corrected chi connectivity index (χ1v) is 6.68. The lowest BCUT2D eigenvalue weighted by Crippen LogP contribution is -2.25. The molecule has 0 aromatic heterocycles. The Morgan fingerprint density at radius 2 is 2.17 bits per heavy atom. The molecule has 1 aliphatic rings. The predicted octanol–water partition coefficient (Wildman–Crippen LogP) is 3.38. The van der Waals surface area contributed by atoms with Crippen molar-refractivity contribution in [1.82, 2.24) is 0 Å². The third kappa shape index (κ3) is 2.73. The largest absolute Gasteiger partial charge is 0.493 e. The summed E-state index contributed by atoms with van der Waals surface area (Å²) >= 11 is 6.07. The number of rotatable bonds is 5. The van der Waals surface area contributed by atoms with Crippen LogP contribution in [0.1, 0.15) is 37.7 Å². The van der Waals surface area contributed by atoms with E-state index < -0.39 is 0 Å². The molecule has 1 saturated carbocycles. The summed E-state index contributed by atoms with van der Waals surface area (Å²) in [5.74, 6) is 1.35. The predicted molar refractivity (Wildman–Crippen MR) is 71.8 cm³/mol. The molecule has 1 aromatic carbocycles. The van der Waals surface area contributed by atoms with Crippen molar-refractivity contribution >= 4 is 11.6 Å². The van der Waals surface area contributed by atoms with Gasteiger partial charge in [-0.25, -0.2) is 0 Å². The van der Waals surface area contributed by atoms with Crippen molar-refractivity contribution in [3.63, 3.8) is 0 Å². The van der Waals surface area contributed by atoms with E-state index in [-0.39, 0.29) is 18.6 Å². The van der Waals surface area contributed by atoms with Gasteiger partial charge in [0.15, 0.2) is 11.5 Å². The SMILES string of the molecule is COc1cc(Cl)cc(C(C)CO)c1OC1CCC1. The van der Waals surface area contributed by atoms with E-state index in [1.54, 1.807) is 13.2 Å². The third-order valence-corrected chi connectivity index (χ3v) is 3.63. The molecular formula is C14H19ClO3. The highest BCUT2D eigenvalue weighted by atomic mass is 35.5. The van der Waals surface area contributed by atoms with Crippen LogP contribution < -0.4 is 9.47 Å². The zero-order valence-electron chi connectivity index (χ0n) is 10.8. The monoisotopic (exact) mass is 270 g/mol. The minimum Gasteiger partial charge on any atom is -0.493 e. The van der Waals surface area contributed by atoms with E-state index in [0.29, 0.717) is 10.8 Å². The zero-order valence-corrected chi connectivity index (χ0v) is 11.5. The third-order valence-electron chi connectivity index (χ3n) is 3.41. The van der Waals surface area contributed by atoms with Gasteiger partial charge in [-0.15, -0.1) is 0 Å². The molecule has 18 heavy (non-hydrogen) atoms. The van der Waals surface area contributed by atoms with E-state index >= 15 is 0 Å². The van der Waals surface area contributed by atoms with Crippen molar-refractivity contribution in [2.75, 3.05) is 13.7 Å². The molecular weight excluding hydrogens is 252 g/mol. The molecule has 1 aliphatic carbocycles. The Morgan fingerprint density at radius 1 is 1.44 bits per heavy atom. The van der Waals surface area contributed by atoms with Gasteiger partial charge >= 0.3 is 0 Å². The maximum Gasteiger partial charge on any atom is 0.165 e. The van der Waals surface area contributed by atoms with Crippen LogP contribution in [0.2, 0.25) is 5.02 Å². The van der Waals surface area contributed by atoms with Crippen LogP contribution in [0, 0.1) is 0 Å². The Labute approximate surface area is 113 Å². The van der Waals surface area contributed by atoms with Gasteiger partial charge in [-0.3, -0.25) is 0 Å². The minimum absolute atomic E-state index is 0.0207. The lowest BCUT2D eigenvalue weighted by atomic mass is 9.95. The average Bonchev–Trinajstić information content (AvgIpc) is 2.32. The maximum atomic E-state index is 9.33. The molecule has 1 aromatic rings. The normalized spacial score (nSPS) is 17.1. The number of halogens is 1. The second-order valence-corrected chi connectivity index (χ2v) is 5.22. The van der Waals surface area contributed by atoms with Crippen LogP contribution in [0.3, 0.4) is 0 Å². The van der Waals surface area contributed by atoms with Crippen molar-refractivity contribution in [2.24, 2.45) is 0 Å². The summed E-state index contributed by atoms with van der Waals surface area (Å²) in [5, 5.41) is 9.93. The number of methoxy groups -OCH3 is 1. The van der Waals surface area contributed by atoms with Gasteiger partial charge in [0.1, 0.15) is 0 Å².